The molecule has 0 heterocycles. The number of benzene rings is 1. The summed E-state index contributed by atoms with van der Waals surface area (Å²) in [5.74, 6) is 0.505. The molecule has 1 aromatic carbocycles. The average Bonchev–Trinajstić information content (AvgIpc) is 2.74. The number of carbonyl (C=O) groups excluding carboxylic acids is 1. The lowest BCUT2D eigenvalue weighted by molar-refractivity contribution is -0.119. The number of hydrogen-bond donors (Lipinski definition) is 0. The second-order valence-corrected chi connectivity index (χ2v) is 8.93. The fourth-order valence-electron chi connectivity index (χ4n) is 4.11. The largest absolute Gasteiger partial charge is 0.300 e. The summed E-state index contributed by atoms with van der Waals surface area (Å²) < 4.78 is 0. The molecule has 0 aliphatic rings. The van der Waals surface area contributed by atoms with Gasteiger partial charge in [0.05, 0.1) is 0 Å². The highest BCUT2D eigenvalue weighted by Crippen LogP contribution is 2.14. The second-order valence-electron chi connectivity index (χ2n) is 8.93. The molecule has 1 nitrogen and oxygen atoms in total. The van der Waals surface area contributed by atoms with Crippen molar-refractivity contribution >= 4 is 5.78 Å². The first-order valence-electron chi connectivity index (χ1n) is 12.9. The molecule has 0 saturated heterocycles. The number of rotatable bonds is 21. The summed E-state index contributed by atoms with van der Waals surface area (Å²) in [5.41, 5.74) is 1.49. The Kier molecular flexibility index (Phi) is 18.0. The third-order valence-corrected chi connectivity index (χ3v) is 6.07. The first-order valence-corrected chi connectivity index (χ1v) is 12.9. The van der Waals surface area contributed by atoms with Crippen LogP contribution in [0.4, 0.5) is 0 Å². The maximum atomic E-state index is 11.8. The van der Waals surface area contributed by atoms with Gasteiger partial charge in [-0.15, -0.1) is 0 Å². The number of aryl methyl sites for hydroxylation is 1. The zero-order chi connectivity index (χ0) is 20.8. The summed E-state index contributed by atoms with van der Waals surface area (Å²) in [6, 6.07) is 10.9. The normalized spacial score (nSPS) is 11.1. The van der Waals surface area contributed by atoms with Crippen molar-refractivity contribution in [2.45, 2.75) is 135 Å². The standard InChI is InChI=1S/C28H48O/c1-2-3-4-13-20-25-28(29)26-21-15-12-10-8-6-5-7-9-11-14-17-22-27-23-18-16-19-24-27/h16,18-19,23-24H,2-15,17,20-22,25-26H2,1H3. The molecule has 1 heteroatoms. The molecule has 0 unspecified atom stereocenters. The summed E-state index contributed by atoms with van der Waals surface area (Å²) in [7, 11) is 0. The van der Waals surface area contributed by atoms with E-state index < -0.39 is 0 Å². The molecule has 0 amide bonds. The fraction of sp³-hybridized carbons (Fsp3) is 0.750. The molecule has 0 bridgehead atoms. The van der Waals surface area contributed by atoms with Crippen LogP contribution in [-0.4, -0.2) is 5.78 Å². The Hall–Kier alpha value is -1.11. The first kappa shape index (κ1) is 25.9. The monoisotopic (exact) mass is 400 g/mol. The van der Waals surface area contributed by atoms with E-state index in [1.165, 1.54) is 108 Å². The molecule has 1 aromatic rings. The SMILES string of the molecule is CCCCCCCC(=O)CCCCCCCCCCCCCCc1ccccc1. The maximum Gasteiger partial charge on any atom is 0.132 e. The molecule has 0 N–H and O–H groups in total. The summed E-state index contributed by atoms with van der Waals surface area (Å²) >= 11 is 0. The lowest BCUT2D eigenvalue weighted by atomic mass is 10.0. The van der Waals surface area contributed by atoms with Crippen molar-refractivity contribution in [3.05, 3.63) is 35.9 Å². The highest BCUT2D eigenvalue weighted by atomic mass is 16.1. The molecular weight excluding hydrogens is 352 g/mol. The quantitative estimate of drug-likeness (QED) is 0.188. The lowest BCUT2D eigenvalue weighted by Crippen LogP contribution is -1.97. The van der Waals surface area contributed by atoms with E-state index in [0.717, 1.165) is 25.7 Å². The highest BCUT2D eigenvalue weighted by molar-refractivity contribution is 5.78. The Balaban J connectivity index is 1.73. The first-order chi connectivity index (χ1) is 14.3. The van der Waals surface area contributed by atoms with Gasteiger partial charge < -0.3 is 0 Å². The van der Waals surface area contributed by atoms with Crippen LogP contribution >= 0.6 is 0 Å². The number of Topliss-reactive ketones (excluding diaryl/α,β-unsaturated/α-hetero) is 1. The maximum absolute atomic E-state index is 11.8. The van der Waals surface area contributed by atoms with Crippen molar-refractivity contribution in [3.8, 4) is 0 Å². The lowest BCUT2D eigenvalue weighted by Gasteiger charge is -2.04. The van der Waals surface area contributed by atoms with Crippen LogP contribution in [0.2, 0.25) is 0 Å². The predicted octanol–water partition coefficient (Wildman–Crippen LogP) is 9.23. The molecule has 1 rings (SSSR count). The van der Waals surface area contributed by atoms with Gasteiger partial charge in [0.2, 0.25) is 0 Å². The zero-order valence-corrected chi connectivity index (χ0v) is 19.4. The molecule has 29 heavy (non-hydrogen) atoms. The molecule has 0 spiro atoms. The van der Waals surface area contributed by atoms with Crippen molar-refractivity contribution in [2.24, 2.45) is 0 Å². The van der Waals surface area contributed by atoms with Gasteiger partial charge >= 0.3 is 0 Å². The Labute approximate surface area is 182 Å². The minimum absolute atomic E-state index is 0.505. The summed E-state index contributed by atoms with van der Waals surface area (Å²) in [6.07, 6.45) is 25.4. The van der Waals surface area contributed by atoms with E-state index in [-0.39, 0.29) is 0 Å². The third kappa shape index (κ3) is 17.5. The molecular formula is C28H48O. The van der Waals surface area contributed by atoms with Crippen LogP contribution in [0, 0.1) is 0 Å². The third-order valence-electron chi connectivity index (χ3n) is 6.07. The van der Waals surface area contributed by atoms with Gasteiger partial charge in [-0.05, 0) is 31.2 Å². The predicted molar refractivity (Wildman–Crippen MR) is 129 cm³/mol. The number of ketones is 1. The Morgan fingerprint density at radius 2 is 0.966 bits per heavy atom. The van der Waals surface area contributed by atoms with Crippen LogP contribution in [0.3, 0.4) is 0 Å². The molecule has 0 atom stereocenters. The van der Waals surface area contributed by atoms with E-state index in [4.69, 9.17) is 0 Å². The summed E-state index contributed by atoms with van der Waals surface area (Å²) in [5, 5.41) is 0. The van der Waals surface area contributed by atoms with Gasteiger partial charge in [0.15, 0.2) is 0 Å². The topological polar surface area (TPSA) is 17.1 Å². The smallest absolute Gasteiger partial charge is 0.132 e. The van der Waals surface area contributed by atoms with Crippen molar-refractivity contribution < 1.29 is 4.79 Å². The van der Waals surface area contributed by atoms with Crippen LogP contribution in [0.15, 0.2) is 30.3 Å². The van der Waals surface area contributed by atoms with Gasteiger partial charge in [-0.3, -0.25) is 4.79 Å². The minimum atomic E-state index is 0.505. The molecule has 0 aliphatic heterocycles. The van der Waals surface area contributed by atoms with Crippen LogP contribution in [0.5, 0.6) is 0 Å². The molecule has 166 valence electrons. The number of unbranched alkanes of at least 4 members (excludes halogenated alkanes) is 15. The zero-order valence-electron chi connectivity index (χ0n) is 19.4. The van der Waals surface area contributed by atoms with E-state index in [9.17, 15) is 4.79 Å². The molecule has 0 aromatic heterocycles. The van der Waals surface area contributed by atoms with Crippen molar-refractivity contribution in [1.82, 2.24) is 0 Å². The van der Waals surface area contributed by atoms with Crippen molar-refractivity contribution in [2.75, 3.05) is 0 Å². The van der Waals surface area contributed by atoms with Crippen LogP contribution in [0.25, 0.3) is 0 Å². The van der Waals surface area contributed by atoms with Gasteiger partial charge in [0, 0.05) is 12.8 Å². The Morgan fingerprint density at radius 3 is 1.45 bits per heavy atom. The van der Waals surface area contributed by atoms with Gasteiger partial charge in [-0.2, -0.15) is 0 Å². The number of hydrogen-bond acceptors (Lipinski definition) is 1. The number of carbonyl (C=O) groups is 1. The van der Waals surface area contributed by atoms with Crippen molar-refractivity contribution in [3.63, 3.8) is 0 Å². The van der Waals surface area contributed by atoms with Gasteiger partial charge in [-0.25, -0.2) is 0 Å². The summed E-state index contributed by atoms with van der Waals surface area (Å²) in [6.45, 7) is 2.24. The van der Waals surface area contributed by atoms with E-state index in [0.29, 0.717) is 5.78 Å². The summed E-state index contributed by atoms with van der Waals surface area (Å²) in [4.78, 5) is 11.8. The van der Waals surface area contributed by atoms with Gasteiger partial charge in [0.1, 0.15) is 5.78 Å². The van der Waals surface area contributed by atoms with E-state index >= 15 is 0 Å². The van der Waals surface area contributed by atoms with Crippen LogP contribution < -0.4 is 0 Å². The van der Waals surface area contributed by atoms with Crippen LogP contribution in [-0.2, 0) is 11.2 Å². The minimum Gasteiger partial charge on any atom is -0.300 e. The molecule has 0 saturated carbocycles. The Bertz CT molecular complexity index is 464. The van der Waals surface area contributed by atoms with Gasteiger partial charge in [-0.1, -0.05) is 127 Å². The van der Waals surface area contributed by atoms with E-state index in [1.54, 1.807) is 0 Å². The highest BCUT2D eigenvalue weighted by Gasteiger charge is 2.02. The second kappa shape index (κ2) is 20.2. The van der Waals surface area contributed by atoms with Crippen LogP contribution in [0.1, 0.15) is 134 Å². The molecule has 0 fully saturated rings. The van der Waals surface area contributed by atoms with Gasteiger partial charge in [0.25, 0.3) is 0 Å². The van der Waals surface area contributed by atoms with E-state index in [1.807, 2.05) is 0 Å². The average molecular weight is 401 g/mol. The van der Waals surface area contributed by atoms with E-state index in [2.05, 4.69) is 37.3 Å². The van der Waals surface area contributed by atoms with Crippen molar-refractivity contribution in [1.29, 1.82) is 0 Å². The Morgan fingerprint density at radius 1 is 0.552 bits per heavy atom. The fourth-order valence-corrected chi connectivity index (χ4v) is 4.11. The molecule has 0 aliphatic carbocycles. The molecule has 0 radical (unpaired) electrons.